The smallest absolute Gasteiger partial charge is 0.251 e. The minimum absolute atomic E-state index is 0.0166. The Labute approximate surface area is 85.3 Å². The van der Waals surface area contributed by atoms with Crippen LogP contribution in [0.25, 0.3) is 0 Å². The third-order valence-electron chi connectivity index (χ3n) is 1.37. The van der Waals surface area contributed by atoms with Gasteiger partial charge in [-0.1, -0.05) is 0 Å². The maximum absolute atomic E-state index is 12.2. The maximum atomic E-state index is 12.2. The van der Waals surface area contributed by atoms with Gasteiger partial charge in [0.05, 0.1) is 0 Å². The summed E-state index contributed by atoms with van der Waals surface area (Å²) >= 11 is 1.74. The predicted octanol–water partition coefficient (Wildman–Crippen LogP) is 3.17. The summed E-state index contributed by atoms with van der Waals surface area (Å²) < 4.78 is 48.7. The highest BCUT2D eigenvalue weighted by atomic mass is 127. The number of hydrogen-bond acceptors (Lipinski definition) is 1. The topological polar surface area (TPSA) is 12.9 Å². The molecule has 0 spiro atoms. The summed E-state index contributed by atoms with van der Waals surface area (Å²) in [6.45, 7) is -0.913. The third kappa shape index (κ3) is 2.52. The normalized spacial score (nSPS) is 11.8. The highest BCUT2D eigenvalue weighted by Crippen LogP contribution is 2.29. The van der Waals surface area contributed by atoms with E-state index in [0.717, 1.165) is 12.3 Å². The second-order valence-electron chi connectivity index (χ2n) is 2.29. The molecule has 72 valence electrons. The molecular formula is C7H4F4IN. The molecule has 6 heteroatoms. The van der Waals surface area contributed by atoms with Crippen LogP contribution in [0, 0.1) is 3.57 Å². The zero-order chi connectivity index (χ0) is 10.1. The van der Waals surface area contributed by atoms with Crippen molar-refractivity contribution in [1.82, 2.24) is 4.98 Å². The van der Waals surface area contributed by atoms with Crippen LogP contribution in [0.2, 0.25) is 0 Å². The predicted molar refractivity (Wildman–Crippen MR) is 46.8 cm³/mol. The summed E-state index contributed by atoms with van der Waals surface area (Å²) in [4.78, 5) is 3.16. The van der Waals surface area contributed by atoms with Gasteiger partial charge < -0.3 is 0 Å². The van der Waals surface area contributed by atoms with E-state index in [1.54, 1.807) is 22.6 Å². The molecule has 1 rings (SSSR count). The second kappa shape index (κ2) is 3.77. The van der Waals surface area contributed by atoms with Crippen molar-refractivity contribution in [2.45, 2.75) is 12.9 Å². The van der Waals surface area contributed by atoms with Gasteiger partial charge >= 0.3 is 6.18 Å². The van der Waals surface area contributed by atoms with Gasteiger partial charge in [-0.3, -0.25) is 4.98 Å². The fraction of sp³-hybridized carbons (Fsp3) is 0.286. The van der Waals surface area contributed by atoms with E-state index < -0.39 is 18.5 Å². The molecule has 0 amide bonds. The van der Waals surface area contributed by atoms with Crippen LogP contribution in [-0.4, -0.2) is 4.98 Å². The van der Waals surface area contributed by atoms with Crippen molar-refractivity contribution in [3.05, 3.63) is 27.1 Å². The van der Waals surface area contributed by atoms with Gasteiger partial charge in [-0.15, -0.1) is 0 Å². The van der Waals surface area contributed by atoms with Gasteiger partial charge in [0.2, 0.25) is 0 Å². The first-order chi connectivity index (χ1) is 5.95. The molecule has 0 N–H and O–H groups in total. The molecule has 0 bridgehead atoms. The first kappa shape index (κ1) is 10.7. The Balaban J connectivity index is 3.14. The minimum Gasteiger partial charge on any atom is -0.251 e. The molecule has 13 heavy (non-hydrogen) atoms. The summed E-state index contributed by atoms with van der Waals surface area (Å²) in [6.07, 6.45) is -3.49. The molecule has 0 aromatic carbocycles. The number of halogens is 5. The van der Waals surface area contributed by atoms with Gasteiger partial charge in [0.15, 0.2) is 0 Å². The van der Waals surface area contributed by atoms with Gasteiger partial charge in [0, 0.05) is 9.77 Å². The molecule has 0 atom stereocenters. The minimum atomic E-state index is -4.51. The monoisotopic (exact) mass is 305 g/mol. The number of nitrogens with zero attached hydrogens (tertiary/aromatic N) is 1. The summed E-state index contributed by atoms with van der Waals surface area (Å²) in [7, 11) is 0. The molecule has 0 saturated heterocycles. The molecular weight excluding hydrogens is 301 g/mol. The lowest BCUT2D eigenvalue weighted by atomic mass is 10.2. The number of aromatic nitrogens is 1. The van der Waals surface area contributed by atoms with E-state index in [1.807, 2.05) is 0 Å². The van der Waals surface area contributed by atoms with Gasteiger partial charge in [-0.25, -0.2) is 4.39 Å². The Kier molecular flexibility index (Phi) is 3.09. The first-order valence-corrected chi connectivity index (χ1v) is 4.30. The molecule has 0 radical (unpaired) electrons. The maximum Gasteiger partial charge on any atom is 0.433 e. The quantitative estimate of drug-likeness (QED) is 0.574. The standard InChI is InChI=1S/C7H4F4IN/c8-2-4-1-6(7(9,10)11)13-3-5(4)12/h1,3H,2H2. The number of alkyl halides is 4. The van der Waals surface area contributed by atoms with Gasteiger partial charge in [-0.2, -0.15) is 13.2 Å². The van der Waals surface area contributed by atoms with E-state index in [9.17, 15) is 17.6 Å². The highest BCUT2D eigenvalue weighted by molar-refractivity contribution is 14.1. The van der Waals surface area contributed by atoms with Crippen LogP contribution >= 0.6 is 22.6 Å². The largest absolute Gasteiger partial charge is 0.433 e. The molecule has 1 aromatic heterocycles. The van der Waals surface area contributed by atoms with Crippen molar-refractivity contribution < 1.29 is 17.6 Å². The number of rotatable bonds is 1. The third-order valence-corrected chi connectivity index (χ3v) is 2.34. The Bertz CT molecular complexity index is 310. The molecule has 0 saturated carbocycles. The Morgan fingerprint density at radius 1 is 1.38 bits per heavy atom. The van der Waals surface area contributed by atoms with Crippen LogP contribution in [0.1, 0.15) is 11.3 Å². The Hall–Kier alpha value is -0.400. The van der Waals surface area contributed by atoms with Crippen LogP contribution in [0.15, 0.2) is 12.3 Å². The van der Waals surface area contributed by atoms with E-state index >= 15 is 0 Å². The van der Waals surface area contributed by atoms with Gasteiger partial charge in [0.1, 0.15) is 12.4 Å². The van der Waals surface area contributed by atoms with Crippen molar-refractivity contribution in [3.63, 3.8) is 0 Å². The van der Waals surface area contributed by atoms with Crippen molar-refractivity contribution >= 4 is 22.6 Å². The molecule has 0 aliphatic heterocycles. The molecule has 0 unspecified atom stereocenters. The first-order valence-electron chi connectivity index (χ1n) is 3.22. The van der Waals surface area contributed by atoms with Crippen LogP contribution in [0.3, 0.4) is 0 Å². The zero-order valence-electron chi connectivity index (χ0n) is 6.20. The molecule has 1 nitrogen and oxygen atoms in total. The summed E-state index contributed by atoms with van der Waals surface area (Å²) in [5.41, 5.74) is -1.04. The van der Waals surface area contributed by atoms with Crippen molar-refractivity contribution in [3.8, 4) is 0 Å². The second-order valence-corrected chi connectivity index (χ2v) is 3.45. The molecule has 0 aliphatic carbocycles. The van der Waals surface area contributed by atoms with E-state index in [4.69, 9.17) is 0 Å². The molecule has 1 heterocycles. The van der Waals surface area contributed by atoms with E-state index in [2.05, 4.69) is 4.98 Å². The van der Waals surface area contributed by atoms with Crippen LogP contribution < -0.4 is 0 Å². The average Bonchev–Trinajstić information content (AvgIpc) is 2.03. The van der Waals surface area contributed by atoms with E-state index in [0.29, 0.717) is 3.57 Å². The zero-order valence-corrected chi connectivity index (χ0v) is 8.36. The fourth-order valence-corrected chi connectivity index (χ4v) is 1.18. The number of hydrogen-bond donors (Lipinski definition) is 0. The lowest BCUT2D eigenvalue weighted by molar-refractivity contribution is -0.141. The van der Waals surface area contributed by atoms with E-state index in [-0.39, 0.29) is 5.56 Å². The van der Waals surface area contributed by atoms with Crippen molar-refractivity contribution in [1.29, 1.82) is 0 Å². The summed E-state index contributed by atoms with van der Waals surface area (Å²) in [6, 6.07) is 0.724. The summed E-state index contributed by atoms with van der Waals surface area (Å²) in [5.74, 6) is 0. The SMILES string of the molecule is FCc1cc(C(F)(F)F)ncc1I. The molecule has 0 aliphatic rings. The lowest BCUT2D eigenvalue weighted by Gasteiger charge is -2.07. The van der Waals surface area contributed by atoms with Crippen molar-refractivity contribution in [2.24, 2.45) is 0 Å². The molecule has 1 aromatic rings. The Morgan fingerprint density at radius 3 is 2.46 bits per heavy atom. The van der Waals surface area contributed by atoms with Crippen LogP contribution in [0.5, 0.6) is 0 Å². The Morgan fingerprint density at radius 2 is 2.00 bits per heavy atom. The van der Waals surface area contributed by atoms with Gasteiger partial charge in [0.25, 0.3) is 0 Å². The molecule has 0 fully saturated rings. The number of pyridine rings is 1. The highest BCUT2D eigenvalue weighted by Gasteiger charge is 2.32. The summed E-state index contributed by atoms with van der Waals surface area (Å²) in [5, 5.41) is 0. The van der Waals surface area contributed by atoms with Crippen molar-refractivity contribution in [2.75, 3.05) is 0 Å². The van der Waals surface area contributed by atoms with E-state index in [1.165, 1.54) is 0 Å². The van der Waals surface area contributed by atoms with Crippen LogP contribution in [-0.2, 0) is 12.9 Å². The van der Waals surface area contributed by atoms with Crippen LogP contribution in [0.4, 0.5) is 17.6 Å². The average molecular weight is 305 g/mol. The fourth-order valence-electron chi connectivity index (χ4n) is 0.738. The lowest BCUT2D eigenvalue weighted by Crippen LogP contribution is -2.08. The van der Waals surface area contributed by atoms with Gasteiger partial charge in [-0.05, 0) is 34.2 Å².